The molecule has 0 bridgehead atoms. The number of piperazine rings is 1. The number of benzene rings is 1. The van der Waals surface area contributed by atoms with E-state index in [9.17, 15) is 9.59 Å². The van der Waals surface area contributed by atoms with Crippen LogP contribution in [0.2, 0.25) is 0 Å². The molecule has 23 heavy (non-hydrogen) atoms. The van der Waals surface area contributed by atoms with E-state index in [-0.39, 0.29) is 17.9 Å². The minimum absolute atomic E-state index is 0.106. The highest BCUT2D eigenvalue weighted by atomic mass is 16.2. The summed E-state index contributed by atoms with van der Waals surface area (Å²) in [6.07, 6.45) is 0.154. The molecule has 1 saturated heterocycles. The van der Waals surface area contributed by atoms with Gasteiger partial charge in [0.2, 0.25) is 5.91 Å². The minimum Gasteiger partial charge on any atom is -0.304 e. The van der Waals surface area contributed by atoms with E-state index in [0.29, 0.717) is 11.1 Å². The first-order chi connectivity index (χ1) is 11.0. The van der Waals surface area contributed by atoms with Gasteiger partial charge in [-0.05, 0) is 13.1 Å². The SMILES string of the molecule is CN1CCN(NC(=O)Cc2nn(C)c(=O)c3ccccc23)CC1. The van der Waals surface area contributed by atoms with Gasteiger partial charge in [0.05, 0.1) is 17.5 Å². The number of hydrazine groups is 1. The van der Waals surface area contributed by atoms with Crippen LogP contribution in [-0.4, -0.2) is 58.8 Å². The molecule has 0 atom stereocenters. The number of carbonyl (C=O) groups excluding carboxylic acids is 1. The van der Waals surface area contributed by atoms with Crippen LogP contribution in [0.15, 0.2) is 29.1 Å². The number of rotatable bonds is 3. The van der Waals surface area contributed by atoms with E-state index in [1.807, 2.05) is 23.2 Å². The van der Waals surface area contributed by atoms with Crippen molar-refractivity contribution in [2.45, 2.75) is 6.42 Å². The van der Waals surface area contributed by atoms with Crippen molar-refractivity contribution in [2.24, 2.45) is 7.05 Å². The van der Waals surface area contributed by atoms with Crippen molar-refractivity contribution in [3.05, 3.63) is 40.3 Å². The summed E-state index contributed by atoms with van der Waals surface area (Å²) in [4.78, 5) is 26.6. The fourth-order valence-electron chi connectivity index (χ4n) is 2.79. The van der Waals surface area contributed by atoms with Gasteiger partial charge in [-0.25, -0.2) is 9.69 Å². The lowest BCUT2D eigenvalue weighted by molar-refractivity contribution is -0.126. The van der Waals surface area contributed by atoms with E-state index < -0.39 is 0 Å². The summed E-state index contributed by atoms with van der Waals surface area (Å²) in [7, 11) is 3.68. The number of carbonyl (C=O) groups is 1. The third-order valence-electron chi connectivity index (χ3n) is 4.15. The maximum absolute atomic E-state index is 12.3. The van der Waals surface area contributed by atoms with Crippen LogP contribution in [0, 0.1) is 0 Å². The number of aryl methyl sites for hydroxylation is 1. The molecule has 0 saturated carbocycles. The molecule has 1 aromatic carbocycles. The second kappa shape index (κ2) is 6.47. The zero-order valence-corrected chi connectivity index (χ0v) is 13.5. The summed E-state index contributed by atoms with van der Waals surface area (Å²) in [6.45, 7) is 3.48. The molecule has 1 aliphatic rings. The molecule has 7 heteroatoms. The molecule has 3 rings (SSSR count). The summed E-state index contributed by atoms with van der Waals surface area (Å²) in [5.41, 5.74) is 3.40. The Balaban J connectivity index is 1.77. The number of likely N-dealkylation sites (N-methyl/N-ethyl adjacent to an activating group) is 1. The molecule has 1 aliphatic heterocycles. The summed E-state index contributed by atoms with van der Waals surface area (Å²) in [5, 5.41) is 7.53. The van der Waals surface area contributed by atoms with Crippen LogP contribution in [0.5, 0.6) is 0 Å². The predicted octanol–water partition coefficient (Wildman–Crippen LogP) is -0.245. The molecular weight excluding hydrogens is 294 g/mol. The Labute approximate surface area is 134 Å². The second-order valence-corrected chi connectivity index (χ2v) is 5.92. The summed E-state index contributed by atoms with van der Waals surface area (Å²) in [5.74, 6) is -0.106. The minimum atomic E-state index is -0.149. The molecule has 122 valence electrons. The molecule has 0 spiro atoms. The second-order valence-electron chi connectivity index (χ2n) is 5.92. The summed E-state index contributed by atoms with van der Waals surface area (Å²) >= 11 is 0. The normalized spacial score (nSPS) is 16.6. The predicted molar refractivity (Wildman–Crippen MR) is 87.9 cm³/mol. The molecule has 1 N–H and O–H groups in total. The van der Waals surface area contributed by atoms with Gasteiger partial charge in [0, 0.05) is 38.6 Å². The van der Waals surface area contributed by atoms with Gasteiger partial charge >= 0.3 is 0 Å². The molecule has 1 fully saturated rings. The van der Waals surface area contributed by atoms with Gasteiger partial charge in [0.15, 0.2) is 0 Å². The molecular formula is C16H21N5O2. The molecule has 1 aromatic heterocycles. The van der Waals surface area contributed by atoms with E-state index in [2.05, 4.69) is 22.5 Å². The van der Waals surface area contributed by atoms with Gasteiger partial charge in [0.25, 0.3) is 5.56 Å². The standard InChI is InChI=1S/C16H21N5O2/c1-19-7-9-21(10-8-19)18-15(22)11-14-12-5-3-4-6-13(12)16(23)20(2)17-14/h3-6H,7-11H2,1-2H3,(H,18,22). The maximum atomic E-state index is 12.3. The van der Waals surface area contributed by atoms with Gasteiger partial charge in [-0.15, -0.1) is 0 Å². The first-order valence-corrected chi connectivity index (χ1v) is 7.72. The zero-order chi connectivity index (χ0) is 16.4. The molecule has 2 heterocycles. The summed E-state index contributed by atoms with van der Waals surface area (Å²) in [6, 6.07) is 7.27. The van der Waals surface area contributed by atoms with Crippen molar-refractivity contribution in [3.63, 3.8) is 0 Å². The fraction of sp³-hybridized carbons (Fsp3) is 0.438. The van der Waals surface area contributed by atoms with Crippen molar-refractivity contribution in [2.75, 3.05) is 33.2 Å². The molecule has 0 unspecified atom stereocenters. The highest BCUT2D eigenvalue weighted by molar-refractivity contribution is 5.88. The third-order valence-corrected chi connectivity index (χ3v) is 4.15. The van der Waals surface area contributed by atoms with Crippen molar-refractivity contribution >= 4 is 16.7 Å². The van der Waals surface area contributed by atoms with Crippen molar-refractivity contribution in [1.82, 2.24) is 25.1 Å². The highest BCUT2D eigenvalue weighted by Crippen LogP contribution is 2.13. The third kappa shape index (κ3) is 3.40. The first-order valence-electron chi connectivity index (χ1n) is 7.72. The van der Waals surface area contributed by atoms with Crippen LogP contribution in [0.1, 0.15) is 5.69 Å². The Morgan fingerprint density at radius 2 is 1.78 bits per heavy atom. The van der Waals surface area contributed by atoms with Crippen LogP contribution < -0.4 is 11.0 Å². The van der Waals surface area contributed by atoms with Crippen LogP contribution in [0.3, 0.4) is 0 Å². The van der Waals surface area contributed by atoms with Crippen LogP contribution in [0.25, 0.3) is 10.8 Å². The largest absolute Gasteiger partial charge is 0.304 e. The Hall–Kier alpha value is -2.25. The van der Waals surface area contributed by atoms with E-state index in [1.165, 1.54) is 4.68 Å². The average Bonchev–Trinajstić information content (AvgIpc) is 2.54. The molecule has 2 aromatic rings. The van der Waals surface area contributed by atoms with Crippen molar-refractivity contribution in [1.29, 1.82) is 0 Å². The number of nitrogens with zero attached hydrogens (tertiary/aromatic N) is 4. The molecule has 0 aliphatic carbocycles. The number of fused-ring (bicyclic) bond motifs is 1. The zero-order valence-electron chi connectivity index (χ0n) is 13.5. The van der Waals surface area contributed by atoms with Crippen molar-refractivity contribution < 1.29 is 4.79 Å². The Morgan fingerprint density at radius 1 is 1.13 bits per heavy atom. The monoisotopic (exact) mass is 315 g/mol. The fourth-order valence-corrected chi connectivity index (χ4v) is 2.79. The first kappa shape index (κ1) is 15.6. The quantitative estimate of drug-likeness (QED) is 0.846. The average molecular weight is 315 g/mol. The molecule has 1 amide bonds. The number of hydrogen-bond acceptors (Lipinski definition) is 5. The maximum Gasteiger partial charge on any atom is 0.274 e. The van der Waals surface area contributed by atoms with Crippen LogP contribution >= 0.6 is 0 Å². The van der Waals surface area contributed by atoms with E-state index in [4.69, 9.17) is 0 Å². The Bertz CT molecular complexity index is 778. The van der Waals surface area contributed by atoms with Crippen LogP contribution in [-0.2, 0) is 18.3 Å². The topological polar surface area (TPSA) is 70.5 Å². The number of aromatic nitrogens is 2. The lowest BCUT2D eigenvalue weighted by Gasteiger charge is -2.32. The van der Waals surface area contributed by atoms with E-state index >= 15 is 0 Å². The Morgan fingerprint density at radius 3 is 2.48 bits per heavy atom. The van der Waals surface area contributed by atoms with Crippen molar-refractivity contribution in [3.8, 4) is 0 Å². The number of hydrogen-bond donors (Lipinski definition) is 1. The van der Waals surface area contributed by atoms with Gasteiger partial charge in [0.1, 0.15) is 0 Å². The lowest BCUT2D eigenvalue weighted by atomic mass is 10.1. The van der Waals surface area contributed by atoms with Gasteiger partial charge < -0.3 is 4.90 Å². The highest BCUT2D eigenvalue weighted by Gasteiger charge is 2.17. The number of nitrogens with one attached hydrogen (secondary N) is 1. The molecule has 7 nitrogen and oxygen atoms in total. The van der Waals surface area contributed by atoms with Gasteiger partial charge in [-0.1, -0.05) is 18.2 Å². The van der Waals surface area contributed by atoms with E-state index in [1.54, 1.807) is 13.1 Å². The van der Waals surface area contributed by atoms with E-state index in [0.717, 1.165) is 31.6 Å². The Kier molecular flexibility index (Phi) is 4.40. The van der Waals surface area contributed by atoms with Gasteiger partial charge in [-0.3, -0.25) is 15.0 Å². The van der Waals surface area contributed by atoms with Gasteiger partial charge in [-0.2, -0.15) is 5.10 Å². The lowest BCUT2D eigenvalue weighted by Crippen LogP contribution is -2.52. The smallest absolute Gasteiger partial charge is 0.274 e. The number of amides is 1. The van der Waals surface area contributed by atoms with Crippen LogP contribution in [0.4, 0.5) is 0 Å². The summed E-state index contributed by atoms with van der Waals surface area (Å²) < 4.78 is 1.29. The molecule has 0 radical (unpaired) electrons.